The minimum absolute atomic E-state index is 0.0323. The molecule has 3 heterocycles. The van der Waals surface area contributed by atoms with Gasteiger partial charge in [0.1, 0.15) is 18.9 Å². The van der Waals surface area contributed by atoms with Crippen molar-refractivity contribution in [1.29, 1.82) is 0 Å². The minimum atomic E-state index is -0.532. The van der Waals surface area contributed by atoms with Crippen molar-refractivity contribution in [3.63, 3.8) is 0 Å². The molecule has 0 radical (unpaired) electrons. The third-order valence-corrected chi connectivity index (χ3v) is 9.15. The number of rotatable bonds is 10. The summed E-state index contributed by atoms with van der Waals surface area (Å²) in [6.45, 7) is 3.03. The van der Waals surface area contributed by atoms with Crippen molar-refractivity contribution < 1.29 is 32.7 Å². The number of hydrogen-bond acceptors (Lipinski definition) is 7. The van der Waals surface area contributed by atoms with Gasteiger partial charge in [-0.1, -0.05) is 19.4 Å². The quantitative estimate of drug-likeness (QED) is 0.425. The Hall–Kier alpha value is -2.78. The van der Waals surface area contributed by atoms with Gasteiger partial charge in [-0.3, -0.25) is 9.59 Å². The van der Waals surface area contributed by atoms with Crippen LogP contribution in [-0.2, 0) is 25.5 Å². The summed E-state index contributed by atoms with van der Waals surface area (Å²) in [6, 6.07) is 6.22. The first-order chi connectivity index (χ1) is 19.4. The number of benzene rings is 1. The van der Waals surface area contributed by atoms with E-state index in [0.29, 0.717) is 31.6 Å². The predicted molar refractivity (Wildman–Crippen MR) is 147 cm³/mol. The first-order valence-electron chi connectivity index (χ1n) is 14.8. The maximum atomic E-state index is 13.7. The maximum absolute atomic E-state index is 13.7. The van der Waals surface area contributed by atoms with Crippen molar-refractivity contribution in [2.45, 2.75) is 82.9 Å². The van der Waals surface area contributed by atoms with Gasteiger partial charge >= 0.3 is 5.97 Å². The molecule has 1 amide bonds. The van der Waals surface area contributed by atoms with E-state index in [0.717, 1.165) is 49.5 Å². The summed E-state index contributed by atoms with van der Waals surface area (Å²) in [5.74, 6) is -0.198. The third kappa shape index (κ3) is 6.25. The van der Waals surface area contributed by atoms with Gasteiger partial charge < -0.3 is 24.5 Å². The van der Waals surface area contributed by atoms with Crippen molar-refractivity contribution in [2.75, 3.05) is 26.4 Å². The number of ether oxygens (including phenoxy) is 2. The molecule has 3 aliphatic rings. The monoisotopic (exact) mass is 556 g/mol. The van der Waals surface area contributed by atoms with Gasteiger partial charge in [-0.05, 0) is 80.5 Å². The summed E-state index contributed by atoms with van der Waals surface area (Å²) < 4.78 is 29.6. The molecule has 9 heteroatoms. The summed E-state index contributed by atoms with van der Waals surface area (Å²) in [7, 11) is 0. The maximum Gasteiger partial charge on any atom is 0.374 e. The number of carbonyl (C=O) groups is 3. The number of amides is 1. The van der Waals surface area contributed by atoms with E-state index in [-0.39, 0.29) is 54.3 Å². The first kappa shape index (κ1) is 28.7. The molecule has 1 saturated carbocycles. The number of halogens is 1. The number of Topliss-reactive ketones (excluding diaryl/α,β-unsaturated/α-hetero) is 1. The lowest BCUT2D eigenvalue weighted by Crippen LogP contribution is -2.47. The standard InChI is InChI=1S/C31H41FN2O6/c1-2-20-11-12-34(30(36)22-8-6-21(7-9-22)25(33)17-32)29(20)26(35)15-19-5-10-27-23(14-19)16-28(40-27)31(37)39-18-24-4-3-13-38-24/h5,10,14,16,20-22,24-25,29H,2-4,6-9,11-13,15,17-18,33H2,1H3/t20-,21?,22?,24+,25-,29+/m1/s1. The molecule has 4 atom stereocenters. The van der Waals surface area contributed by atoms with E-state index in [1.54, 1.807) is 12.1 Å². The number of furan rings is 1. The van der Waals surface area contributed by atoms with Gasteiger partial charge in [0.2, 0.25) is 11.7 Å². The highest BCUT2D eigenvalue weighted by molar-refractivity contribution is 5.94. The second-order valence-electron chi connectivity index (χ2n) is 11.7. The Kier molecular flexibility index (Phi) is 9.20. The summed E-state index contributed by atoms with van der Waals surface area (Å²) in [5.41, 5.74) is 7.26. The average molecular weight is 557 g/mol. The fraction of sp³-hybridized carbons (Fsp3) is 0.645. The molecule has 1 aromatic heterocycles. The molecule has 1 aliphatic carbocycles. The van der Waals surface area contributed by atoms with Gasteiger partial charge in [0, 0.05) is 36.9 Å². The van der Waals surface area contributed by atoms with E-state index in [9.17, 15) is 18.8 Å². The molecule has 2 saturated heterocycles. The minimum Gasteiger partial charge on any atom is -0.457 e. The molecule has 8 nitrogen and oxygen atoms in total. The zero-order valence-electron chi connectivity index (χ0n) is 23.3. The Morgan fingerprint density at radius 2 is 1.93 bits per heavy atom. The Labute approximate surface area is 234 Å². The average Bonchev–Trinajstić information content (AvgIpc) is 3.74. The van der Waals surface area contributed by atoms with Crippen molar-refractivity contribution in [3.8, 4) is 0 Å². The number of nitrogens with two attached hydrogens (primary N) is 1. The first-order valence-corrected chi connectivity index (χ1v) is 14.8. The molecule has 2 aromatic rings. The van der Waals surface area contributed by atoms with Gasteiger partial charge in [0.15, 0.2) is 5.78 Å². The molecule has 3 fully saturated rings. The van der Waals surface area contributed by atoms with Gasteiger partial charge in [0.25, 0.3) is 0 Å². The van der Waals surface area contributed by atoms with E-state index in [4.69, 9.17) is 19.6 Å². The lowest BCUT2D eigenvalue weighted by atomic mass is 9.78. The highest BCUT2D eigenvalue weighted by atomic mass is 19.1. The van der Waals surface area contributed by atoms with Crippen LogP contribution in [0.3, 0.4) is 0 Å². The van der Waals surface area contributed by atoms with Crippen LogP contribution < -0.4 is 5.73 Å². The number of nitrogens with zero attached hydrogens (tertiary/aromatic N) is 1. The van der Waals surface area contributed by atoms with Crippen LogP contribution >= 0.6 is 0 Å². The van der Waals surface area contributed by atoms with Crippen LogP contribution in [0.15, 0.2) is 28.7 Å². The van der Waals surface area contributed by atoms with Crippen molar-refractivity contribution in [1.82, 2.24) is 4.90 Å². The van der Waals surface area contributed by atoms with Gasteiger partial charge in [-0.2, -0.15) is 0 Å². The number of ketones is 1. The molecule has 5 rings (SSSR count). The van der Waals surface area contributed by atoms with Crippen LogP contribution in [0.25, 0.3) is 11.0 Å². The molecule has 0 bridgehead atoms. The fourth-order valence-corrected chi connectivity index (χ4v) is 6.75. The summed E-state index contributed by atoms with van der Waals surface area (Å²) in [5, 5.41) is 0.726. The van der Waals surface area contributed by atoms with E-state index < -0.39 is 24.7 Å². The van der Waals surface area contributed by atoms with E-state index in [2.05, 4.69) is 6.92 Å². The third-order valence-electron chi connectivity index (χ3n) is 9.15. The van der Waals surface area contributed by atoms with E-state index >= 15 is 0 Å². The fourth-order valence-electron chi connectivity index (χ4n) is 6.75. The summed E-state index contributed by atoms with van der Waals surface area (Å²) in [4.78, 5) is 41.5. The van der Waals surface area contributed by atoms with Crippen LogP contribution in [0.1, 0.15) is 74.4 Å². The van der Waals surface area contributed by atoms with Gasteiger partial charge in [0.05, 0.1) is 12.1 Å². The molecule has 0 spiro atoms. The van der Waals surface area contributed by atoms with Crippen molar-refractivity contribution >= 4 is 28.6 Å². The Bertz CT molecular complexity index is 1200. The topological polar surface area (TPSA) is 112 Å². The van der Waals surface area contributed by atoms with Crippen LogP contribution in [0.2, 0.25) is 0 Å². The highest BCUT2D eigenvalue weighted by Gasteiger charge is 2.43. The number of hydrogen-bond donors (Lipinski definition) is 1. The summed E-state index contributed by atoms with van der Waals surface area (Å²) in [6.07, 6.45) is 6.52. The molecular weight excluding hydrogens is 515 g/mol. The van der Waals surface area contributed by atoms with Gasteiger partial charge in [-0.15, -0.1) is 0 Å². The lowest BCUT2D eigenvalue weighted by molar-refractivity contribution is -0.142. The number of alkyl halides is 1. The SMILES string of the molecule is CC[C@@H]1CCN(C(=O)C2CCC([C@H](N)CF)CC2)[C@@H]1C(=O)Cc1ccc2oc(C(=O)OC[C@@H]3CCCO3)cc2c1. The molecular formula is C31H41FN2O6. The second kappa shape index (κ2) is 12.8. The lowest BCUT2D eigenvalue weighted by Gasteiger charge is -2.34. The molecule has 2 N–H and O–H groups in total. The molecule has 40 heavy (non-hydrogen) atoms. The molecule has 1 aromatic carbocycles. The van der Waals surface area contributed by atoms with Crippen LogP contribution in [-0.4, -0.2) is 67.2 Å². The zero-order chi connectivity index (χ0) is 28.2. The largest absolute Gasteiger partial charge is 0.457 e. The predicted octanol–water partition coefficient (Wildman–Crippen LogP) is 4.61. The molecule has 0 unspecified atom stereocenters. The normalized spacial score (nSPS) is 27.7. The Morgan fingerprint density at radius 3 is 2.62 bits per heavy atom. The number of carbonyl (C=O) groups excluding carboxylic acids is 3. The second-order valence-corrected chi connectivity index (χ2v) is 11.7. The number of fused-ring (bicyclic) bond motifs is 1. The zero-order valence-corrected chi connectivity index (χ0v) is 23.3. The molecule has 218 valence electrons. The number of likely N-dealkylation sites (tertiary alicyclic amines) is 1. The van der Waals surface area contributed by atoms with Crippen LogP contribution in [0, 0.1) is 17.8 Å². The Morgan fingerprint density at radius 1 is 1.12 bits per heavy atom. The van der Waals surface area contributed by atoms with Gasteiger partial charge in [-0.25, -0.2) is 9.18 Å². The van der Waals surface area contributed by atoms with Crippen LogP contribution in [0.5, 0.6) is 0 Å². The highest BCUT2D eigenvalue weighted by Crippen LogP contribution is 2.36. The van der Waals surface area contributed by atoms with Crippen molar-refractivity contribution in [3.05, 3.63) is 35.6 Å². The van der Waals surface area contributed by atoms with Crippen LogP contribution in [0.4, 0.5) is 4.39 Å². The van der Waals surface area contributed by atoms with E-state index in [1.165, 1.54) is 0 Å². The number of esters is 1. The van der Waals surface area contributed by atoms with Crippen molar-refractivity contribution in [2.24, 2.45) is 23.5 Å². The van der Waals surface area contributed by atoms with E-state index in [1.807, 2.05) is 17.0 Å². The smallest absolute Gasteiger partial charge is 0.374 e. The Balaban J connectivity index is 1.23. The summed E-state index contributed by atoms with van der Waals surface area (Å²) >= 11 is 0. The molecule has 2 aliphatic heterocycles.